The number of rotatable bonds is 10. The highest BCUT2D eigenvalue weighted by atomic mass is 16.7. The van der Waals surface area contributed by atoms with Crippen LogP contribution >= 0.6 is 0 Å². The van der Waals surface area contributed by atoms with Gasteiger partial charge in [-0.3, -0.25) is 14.8 Å². The quantitative estimate of drug-likeness (QED) is 0.120. The lowest BCUT2D eigenvalue weighted by molar-refractivity contribution is -0.149. The van der Waals surface area contributed by atoms with Crippen LogP contribution in [0.25, 0.3) is 10.9 Å². The molecule has 0 saturated carbocycles. The summed E-state index contributed by atoms with van der Waals surface area (Å²) in [5.41, 5.74) is 10.4. The first-order valence-corrected chi connectivity index (χ1v) is 11.8. The molecule has 0 aliphatic carbocycles. The first kappa shape index (κ1) is 32.3. The predicted octanol–water partition coefficient (Wildman–Crippen LogP) is 1.46. The summed E-state index contributed by atoms with van der Waals surface area (Å²) in [6.07, 6.45) is -1.38. The number of nitrogens with two attached hydrogens (primary N) is 3. The molecule has 14 heteroatoms. The van der Waals surface area contributed by atoms with E-state index in [4.69, 9.17) is 24.8 Å². The minimum atomic E-state index is -1.47. The maximum Gasteiger partial charge on any atom is 0.524 e. The molecule has 39 heavy (non-hydrogen) atoms. The minimum absolute atomic E-state index is 0.0629. The zero-order chi connectivity index (χ0) is 29.4. The second-order valence-corrected chi connectivity index (χ2v) is 7.67. The molecule has 0 amide bonds. The Labute approximate surface area is 224 Å². The average molecular weight is 547 g/mol. The van der Waals surface area contributed by atoms with Crippen LogP contribution in [0.15, 0.2) is 53.3 Å². The van der Waals surface area contributed by atoms with Crippen LogP contribution in [0.1, 0.15) is 25.2 Å². The molecule has 0 saturated heterocycles. The zero-order valence-electron chi connectivity index (χ0n) is 21.7. The number of nitrogens with zero attached hydrogens (tertiary/aromatic N) is 2. The number of guanidine groups is 1. The van der Waals surface area contributed by atoms with Crippen molar-refractivity contribution < 1.29 is 34.1 Å². The third-order valence-electron chi connectivity index (χ3n) is 4.93. The van der Waals surface area contributed by atoms with Gasteiger partial charge in [-0.05, 0) is 36.8 Å². The molecule has 1 aromatic heterocycles. The molecule has 212 valence electrons. The monoisotopic (exact) mass is 546 g/mol. The van der Waals surface area contributed by atoms with Crippen LogP contribution in [0.3, 0.4) is 0 Å². The summed E-state index contributed by atoms with van der Waals surface area (Å²) in [5.74, 6) is 4.15. The fraction of sp³-hybridized carbons (Fsp3) is 0.320. The number of para-hydroxylation sites is 1. The second kappa shape index (κ2) is 16.9. The summed E-state index contributed by atoms with van der Waals surface area (Å²) in [6.45, 7) is 4.81. The number of aromatic nitrogens is 2. The summed E-state index contributed by atoms with van der Waals surface area (Å²) in [5, 5.41) is 23.2. The van der Waals surface area contributed by atoms with Crippen LogP contribution in [0.4, 0.5) is 4.79 Å². The number of carbonyl (C=O) groups is 2. The SMILES string of the molecule is CCOC(Cc1ccc(OCCn2c(CC)nc3ccccc3c2=O)cc1)C(=O)O.N=C(N)N.NOC(=O)O. The van der Waals surface area contributed by atoms with E-state index in [1.807, 2.05) is 37.3 Å². The van der Waals surface area contributed by atoms with Gasteiger partial charge < -0.3 is 36.0 Å². The van der Waals surface area contributed by atoms with Gasteiger partial charge >= 0.3 is 12.1 Å². The molecule has 9 N–H and O–H groups in total. The van der Waals surface area contributed by atoms with Gasteiger partial charge in [0.05, 0.1) is 17.4 Å². The van der Waals surface area contributed by atoms with E-state index in [0.29, 0.717) is 49.3 Å². The molecule has 2 aromatic carbocycles. The Hall–Kier alpha value is -4.69. The smallest absolute Gasteiger partial charge is 0.492 e. The minimum Gasteiger partial charge on any atom is -0.492 e. The van der Waals surface area contributed by atoms with Gasteiger partial charge in [-0.15, -0.1) is 0 Å². The summed E-state index contributed by atoms with van der Waals surface area (Å²) in [6, 6.07) is 14.6. The Morgan fingerprint density at radius 3 is 2.18 bits per heavy atom. The largest absolute Gasteiger partial charge is 0.524 e. The number of carboxylic acids is 1. The fourth-order valence-corrected chi connectivity index (χ4v) is 3.32. The van der Waals surface area contributed by atoms with Gasteiger partial charge in [0.2, 0.25) is 0 Å². The number of nitrogens with one attached hydrogen (secondary N) is 1. The summed E-state index contributed by atoms with van der Waals surface area (Å²) < 4.78 is 12.7. The molecular formula is C25H34N6O8. The molecule has 1 unspecified atom stereocenters. The van der Waals surface area contributed by atoms with E-state index in [0.717, 1.165) is 11.4 Å². The highest BCUT2D eigenvalue weighted by molar-refractivity contribution is 5.77. The molecule has 1 heterocycles. The molecule has 14 nitrogen and oxygen atoms in total. The molecule has 3 rings (SSSR count). The average Bonchev–Trinajstić information content (AvgIpc) is 2.90. The van der Waals surface area contributed by atoms with E-state index in [9.17, 15) is 14.7 Å². The van der Waals surface area contributed by atoms with Gasteiger partial charge in [0.15, 0.2) is 12.1 Å². The van der Waals surface area contributed by atoms with Crippen molar-refractivity contribution in [2.24, 2.45) is 17.4 Å². The Morgan fingerprint density at radius 1 is 1.08 bits per heavy atom. The van der Waals surface area contributed by atoms with Gasteiger partial charge in [-0.1, -0.05) is 31.2 Å². The summed E-state index contributed by atoms with van der Waals surface area (Å²) >= 11 is 0. The molecule has 0 aliphatic heterocycles. The third-order valence-corrected chi connectivity index (χ3v) is 4.93. The molecule has 0 bridgehead atoms. The van der Waals surface area contributed by atoms with Crippen LogP contribution in [0.2, 0.25) is 0 Å². The van der Waals surface area contributed by atoms with Crippen LogP contribution in [0.5, 0.6) is 5.75 Å². The van der Waals surface area contributed by atoms with E-state index >= 15 is 0 Å². The Kier molecular flexibility index (Phi) is 14.0. The lowest BCUT2D eigenvalue weighted by Crippen LogP contribution is -2.27. The third kappa shape index (κ3) is 11.5. The van der Waals surface area contributed by atoms with Crippen molar-refractivity contribution in [3.63, 3.8) is 0 Å². The van der Waals surface area contributed by atoms with E-state index < -0.39 is 18.2 Å². The number of aryl methyl sites for hydroxylation is 1. The van der Waals surface area contributed by atoms with Crippen molar-refractivity contribution >= 4 is 29.0 Å². The number of fused-ring (bicyclic) bond motifs is 1. The van der Waals surface area contributed by atoms with Gasteiger partial charge in [0.1, 0.15) is 18.2 Å². The fourth-order valence-electron chi connectivity index (χ4n) is 3.32. The normalized spacial score (nSPS) is 10.7. The van der Waals surface area contributed by atoms with Crippen molar-refractivity contribution in [3.8, 4) is 5.75 Å². The van der Waals surface area contributed by atoms with E-state index in [-0.39, 0.29) is 11.5 Å². The zero-order valence-corrected chi connectivity index (χ0v) is 21.7. The highest BCUT2D eigenvalue weighted by Gasteiger charge is 2.17. The number of hydrogen-bond donors (Lipinski definition) is 6. The van der Waals surface area contributed by atoms with E-state index in [2.05, 4.69) is 27.2 Å². The number of hydrogen-bond acceptors (Lipinski definition) is 9. The molecule has 0 fully saturated rings. The Bertz CT molecular complexity index is 1280. The van der Waals surface area contributed by atoms with Crippen molar-refractivity contribution in [3.05, 3.63) is 70.3 Å². The van der Waals surface area contributed by atoms with Crippen LogP contribution in [-0.4, -0.2) is 57.2 Å². The van der Waals surface area contributed by atoms with Gasteiger partial charge in [-0.25, -0.2) is 14.6 Å². The summed E-state index contributed by atoms with van der Waals surface area (Å²) in [7, 11) is 0. The number of carboxylic acid groups (broad SMARTS) is 2. The first-order chi connectivity index (χ1) is 18.5. The maximum absolute atomic E-state index is 12.8. The Balaban J connectivity index is 0.000000733. The number of benzene rings is 2. The topological polar surface area (TPSA) is 239 Å². The van der Waals surface area contributed by atoms with E-state index in [1.54, 1.807) is 29.7 Å². The van der Waals surface area contributed by atoms with Crippen LogP contribution in [-0.2, 0) is 33.8 Å². The molecular weight excluding hydrogens is 512 g/mol. The van der Waals surface area contributed by atoms with Gasteiger partial charge in [0, 0.05) is 19.4 Å². The van der Waals surface area contributed by atoms with Crippen LogP contribution in [0, 0.1) is 5.41 Å². The molecule has 0 radical (unpaired) electrons. The van der Waals surface area contributed by atoms with E-state index in [1.165, 1.54) is 0 Å². The van der Waals surface area contributed by atoms with Gasteiger partial charge in [0.25, 0.3) is 5.56 Å². The number of ether oxygens (including phenoxy) is 2. The molecule has 0 aliphatic rings. The molecule has 1 atom stereocenters. The van der Waals surface area contributed by atoms with Crippen molar-refractivity contribution in [2.45, 2.75) is 39.3 Å². The standard InChI is InChI=1S/C23H26N2O5.CH5N3.CH3NO3/c1-3-21-24-19-8-6-5-7-18(19)22(26)25(21)13-14-30-17-11-9-16(10-12-17)15-20(23(27)28)29-4-2;2-1(3)4;2-5-1(3)4/h5-12,20H,3-4,13-15H2,1-2H3,(H,27,28);(H5,2,3,4);2H2,(H,3,4). The first-order valence-electron chi connectivity index (χ1n) is 11.8. The predicted molar refractivity (Wildman–Crippen MR) is 143 cm³/mol. The van der Waals surface area contributed by atoms with Crippen molar-refractivity contribution in [2.75, 3.05) is 13.2 Å². The van der Waals surface area contributed by atoms with Crippen molar-refractivity contribution in [1.29, 1.82) is 5.41 Å². The second-order valence-electron chi connectivity index (χ2n) is 7.67. The maximum atomic E-state index is 12.8. The summed E-state index contributed by atoms with van der Waals surface area (Å²) in [4.78, 5) is 40.8. The molecule has 0 spiro atoms. The lowest BCUT2D eigenvalue weighted by Gasteiger charge is -2.14. The Morgan fingerprint density at radius 2 is 1.67 bits per heavy atom. The molecule has 3 aromatic rings. The lowest BCUT2D eigenvalue weighted by atomic mass is 10.1. The van der Waals surface area contributed by atoms with Crippen LogP contribution < -0.4 is 27.7 Å². The highest BCUT2D eigenvalue weighted by Crippen LogP contribution is 2.15. The number of aliphatic carboxylic acids is 1. The van der Waals surface area contributed by atoms with Gasteiger partial charge in [-0.2, -0.15) is 5.90 Å². The van der Waals surface area contributed by atoms with Crippen molar-refractivity contribution in [1.82, 2.24) is 9.55 Å².